The van der Waals surface area contributed by atoms with Gasteiger partial charge in [-0.1, -0.05) is 53.5 Å². The van der Waals surface area contributed by atoms with E-state index < -0.39 is 30.6 Å². The molecule has 0 aromatic heterocycles. The summed E-state index contributed by atoms with van der Waals surface area (Å²) in [6, 6.07) is 18.8. The minimum atomic E-state index is -1.69. The van der Waals surface area contributed by atoms with Gasteiger partial charge in [0.15, 0.2) is 6.10 Å². The molecule has 0 saturated carbocycles. The molecular weight excluding hydrogens is 615 g/mol. The van der Waals surface area contributed by atoms with Crippen molar-refractivity contribution in [2.45, 2.75) is 64.6 Å². The average molecular weight is 656 g/mol. The number of hydrogen-bond donors (Lipinski definition) is 5. The van der Waals surface area contributed by atoms with Crippen molar-refractivity contribution in [2.75, 3.05) is 16.8 Å². The largest absolute Gasteiger partial charge is 0.479 e. The third-order valence-corrected chi connectivity index (χ3v) is 6.93. The summed E-state index contributed by atoms with van der Waals surface area (Å²) in [5.74, 6) is -1.94. The molecule has 0 bridgehead atoms. The predicted molar refractivity (Wildman–Crippen MR) is 181 cm³/mol. The summed E-state index contributed by atoms with van der Waals surface area (Å²) in [6.07, 6.45) is 5.06. The Hall–Kier alpha value is -3.89. The van der Waals surface area contributed by atoms with Crippen molar-refractivity contribution >= 4 is 58.1 Å². The molecule has 1 atom stereocenters. The van der Waals surface area contributed by atoms with Gasteiger partial charge in [-0.05, 0) is 106 Å². The number of carboxylic acid groups (broad SMARTS) is 1. The second kappa shape index (κ2) is 16.4. The number of halogens is 2. The van der Waals surface area contributed by atoms with E-state index >= 15 is 0 Å². The van der Waals surface area contributed by atoms with Crippen LogP contribution < -0.4 is 21.3 Å². The molecule has 3 aromatic rings. The van der Waals surface area contributed by atoms with Crippen molar-refractivity contribution in [3.63, 3.8) is 0 Å². The van der Waals surface area contributed by atoms with E-state index in [1.54, 1.807) is 47.4 Å². The molecule has 0 radical (unpaired) electrons. The molecule has 0 fully saturated rings. The Kier molecular flexibility index (Phi) is 13.0. The standard InChI is InChI=1S/C30H29Cl2N3O5.C4H11N/c31-23-14-24(32)16-25(15-23)34-30(40)35(26-12-10-21(11-13-26)20-4-2-1-3-5-20)18-19-6-8-22(9-7-19)28(37)33-17-27(36)29(38)39;1-4(2,3)5/h4,6-16,27,36H,1-3,5,17-18H2,(H,33,37)(H,34,40)(H,38,39);5H2,1-3H3/t27-;/m1./s1. The van der Waals surface area contributed by atoms with E-state index in [2.05, 4.69) is 16.7 Å². The Balaban J connectivity index is 0.00000102. The van der Waals surface area contributed by atoms with E-state index in [0.717, 1.165) is 24.0 Å². The summed E-state index contributed by atoms with van der Waals surface area (Å²) < 4.78 is 0. The summed E-state index contributed by atoms with van der Waals surface area (Å²) in [7, 11) is 0. The van der Waals surface area contributed by atoms with Crippen LogP contribution >= 0.6 is 23.2 Å². The fourth-order valence-corrected chi connectivity index (χ4v) is 4.90. The van der Waals surface area contributed by atoms with Crippen LogP contribution in [-0.2, 0) is 11.3 Å². The first-order chi connectivity index (χ1) is 21.2. The molecule has 3 amide bonds. The zero-order valence-corrected chi connectivity index (χ0v) is 27.2. The zero-order valence-electron chi connectivity index (χ0n) is 25.6. The van der Waals surface area contributed by atoms with Crippen LogP contribution in [0.4, 0.5) is 16.2 Å². The van der Waals surface area contributed by atoms with Crippen LogP contribution in [-0.4, -0.2) is 46.3 Å². The average Bonchev–Trinajstić information content (AvgIpc) is 2.98. The highest BCUT2D eigenvalue weighted by atomic mass is 35.5. The summed E-state index contributed by atoms with van der Waals surface area (Å²) in [4.78, 5) is 38.2. The molecule has 4 rings (SSSR count). The molecule has 0 heterocycles. The first kappa shape index (κ1) is 35.6. The maximum atomic E-state index is 13.5. The van der Waals surface area contributed by atoms with Crippen molar-refractivity contribution in [2.24, 2.45) is 5.73 Å². The van der Waals surface area contributed by atoms with E-state index in [-0.39, 0.29) is 17.6 Å². The van der Waals surface area contributed by atoms with Gasteiger partial charge in [0.25, 0.3) is 5.91 Å². The highest BCUT2D eigenvalue weighted by Gasteiger charge is 2.19. The Labute approximate surface area is 274 Å². The van der Waals surface area contributed by atoms with Crippen LogP contribution in [0.25, 0.3) is 5.57 Å². The number of allylic oxidation sites excluding steroid dienone is 2. The van der Waals surface area contributed by atoms with Crippen LogP contribution in [0.2, 0.25) is 10.0 Å². The van der Waals surface area contributed by atoms with Gasteiger partial charge < -0.3 is 26.6 Å². The third-order valence-electron chi connectivity index (χ3n) is 6.50. The SMILES string of the molecule is CC(C)(C)N.O=C(NC[C@@H](O)C(=O)O)c1ccc(CN(C(=O)Nc2cc(Cl)cc(Cl)c2)c2ccc(C3=CCCCC3)cc2)cc1. The van der Waals surface area contributed by atoms with Crippen LogP contribution in [0.5, 0.6) is 0 Å². The highest BCUT2D eigenvalue weighted by molar-refractivity contribution is 6.35. The number of nitrogens with zero attached hydrogens (tertiary/aromatic N) is 1. The normalized spacial score (nSPS) is 13.4. The number of aliphatic hydroxyl groups excluding tert-OH is 1. The third kappa shape index (κ3) is 12.2. The predicted octanol–water partition coefficient (Wildman–Crippen LogP) is 7.11. The van der Waals surface area contributed by atoms with Gasteiger partial charge in [0.1, 0.15) is 0 Å². The zero-order chi connectivity index (χ0) is 33.1. The number of carboxylic acids is 1. The minimum absolute atomic E-state index is 0. The lowest BCUT2D eigenvalue weighted by Crippen LogP contribution is -2.36. The Bertz CT molecular complexity index is 1480. The van der Waals surface area contributed by atoms with Gasteiger partial charge in [-0.2, -0.15) is 0 Å². The molecule has 45 heavy (non-hydrogen) atoms. The van der Waals surface area contributed by atoms with Crippen LogP contribution in [0, 0.1) is 0 Å². The molecular formula is C34H40Cl2N4O5. The molecule has 1 aliphatic rings. The lowest BCUT2D eigenvalue weighted by atomic mass is 9.93. The van der Waals surface area contributed by atoms with Gasteiger partial charge in [0.05, 0.1) is 13.1 Å². The lowest BCUT2D eigenvalue weighted by Gasteiger charge is -2.24. The van der Waals surface area contributed by atoms with Crippen molar-refractivity contribution < 1.29 is 24.6 Å². The lowest BCUT2D eigenvalue weighted by molar-refractivity contribution is -0.146. The van der Waals surface area contributed by atoms with Gasteiger partial charge in [0.2, 0.25) is 0 Å². The molecule has 1 aliphatic carbocycles. The Morgan fingerprint density at radius 2 is 1.56 bits per heavy atom. The van der Waals surface area contributed by atoms with Gasteiger partial charge in [-0.15, -0.1) is 0 Å². The maximum Gasteiger partial charge on any atom is 0.334 e. The van der Waals surface area contributed by atoms with Gasteiger partial charge in [-0.3, -0.25) is 9.69 Å². The van der Waals surface area contributed by atoms with Gasteiger partial charge in [0, 0.05) is 32.5 Å². The monoisotopic (exact) mass is 654 g/mol. The molecule has 9 nitrogen and oxygen atoms in total. The number of nitrogens with two attached hydrogens (primary N) is 1. The van der Waals surface area contributed by atoms with E-state index in [1.807, 2.05) is 45.0 Å². The Morgan fingerprint density at radius 3 is 2.09 bits per heavy atom. The number of anilines is 2. The molecule has 6 N–H and O–H groups in total. The molecule has 0 saturated heterocycles. The van der Waals surface area contributed by atoms with Gasteiger partial charge in [-0.25, -0.2) is 9.59 Å². The maximum absolute atomic E-state index is 13.5. The number of amides is 3. The topological polar surface area (TPSA) is 145 Å². The number of aliphatic hydroxyl groups is 1. The van der Waals surface area contributed by atoms with E-state index in [0.29, 0.717) is 21.4 Å². The number of urea groups is 1. The van der Waals surface area contributed by atoms with Crippen molar-refractivity contribution in [3.8, 4) is 0 Å². The van der Waals surface area contributed by atoms with E-state index in [1.165, 1.54) is 18.4 Å². The molecule has 0 unspecified atom stereocenters. The van der Waals surface area contributed by atoms with Crippen molar-refractivity contribution in [1.82, 2.24) is 5.32 Å². The highest BCUT2D eigenvalue weighted by Crippen LogP contribution is 2.29. The minimum Gasteiger partial charge on any atom is -0.479 e. The molecule has 0 aliphatic heterocycles. The number of benzene rings is 3. The summed E-state index contributed by atoms with van der Waals surface area (Å²) >= 11 is 12.2. The number of carbonyl (C=O) groups is 3. The number of carbonyl (C=O) groups excluding carboxylic acids is 2. The van der Waals surface area contributed by atoms with Crippen LogP contribution in [0.1, 0.15) is 67.9 Å². The van der Waals surface area contributed by atoms with Crippen molar-refractivity contribution in [1.29, 1.82) is 0 Å². The molecule has 240 valence electrons. The second-order valence-corrected chi connectivity index (χ2v) is 12.7. The summed E-state index contributed by atoms with van der Waals surface area (Å²) in [5.41, 5.74) is 9.97. The van der Waals surface area contributed by atoms with Crippen LogP contribution in [0.3, 0.4) is 0 Å². The number of rotatable bonds is 9. The Morgan fingerprint density at radius 1 is 0.956 bits per heavy atom. The first-order valence-electron chi connectivity index (χ1n) is 14.6. The quantitative estimate of drug-likeness (QED) is 0.166. The summed E-state index contributed by atoms with van der Waals surface area (Å²) in [6.45, 7) is 5.68. The van der Waals surface area contributed by atoms with Crippen LogP contribution in [0.15, 0.2) is 72.8 Å². The smallest absolute Gasteiger partial charge is 0.334 e. The second-order valence-electron chi connectivity index (χ2n) is 11.8. The van der Waals surface area contributed by atoms with Gasteiger partial charge >= 0.3 is 12.0 Å². The first-order valence-corrected chi connectivity index (χ1v) is 15.4. The number of aliphatic carboxylic acids is 1. The number of nitrogens with one attached hydrogen (secondary N) is 2. The fraction of sp³-hybridized carbons (Fsp3) is 0.324. The molecule has 0 spiro atoms. The van der Waals surface area contributed by atoms with Crippen molar-refractivity contribution in [3.05, 3.63) is 99.5 Å². The molecule has 3 aromatic carbocycles. The van der Waals surface area contributed by atoms with E-state index in [9.17, 15) is 19.5 Å². The molecule has 11 heteroatoms. The number of hydrogen-bond acceptors (Lipinski definition) is 5. The summed E-state index contributed by atoms with van der Waals surface area (Å²) in [5, 5.41) is 24.2. The fourth-order valence-electron chi connectivity index (χ4n) is 4.38. The van der Waals surface area contributed by atoms with E-state index in [4.69, 9.17) is 34.0 Å².